The van der Waals surface area contributed by atoms with Gasteiger partial charge in [-0.25, -0.2) is 4.79 Å². The van der Waals surface area contributed by atoms with E-state index in [0.717, 1.165) is 0 Å². The van der Waals surface area contributed by atoms with Crippen LogP contribution in [0.2, 0.25) is 0 Å². The summed E-state index contributed by atoms with van der Waals surface area (Å²) in [5.74, 6) is -0.821. The summed E-state index contributed by atoms with van der Waals surface area (Å²) >= 11 is 2.48. The van der Waals surface area contributed by atoms with Crippen LogP contribution in [0.1, 0.15) is 19.3 Å². The lowest BCUT2D eigenvalue weighted by atomic mass is 10.2. The highest BCUT2D eigenvalue weighted by atomic mass is 32.1. The van der Waals surface area contributed by atoms with Gasteiger partial charge < -0.3 is 10.1 Å². The molecule has 0 aromatic carbocycles. The third-order valence-corrected chi connectivity index (χ3v) is 4.28. The van der Waals surface area contributed by atoms with E-state index in [2.05, 4.69) is 10.1 Å². The Hall–Kier alpha value is -2.43. The monoisotopic (exact) mass is 318 g/mol. The highest BCUT2D eigenvalue weighted by molar-refractivity contribution is 7.12. The van der Waals surface area contributed by atoms with Crippen LogP contribution in [0, 0.1) is 11.3 Å². The summed E-state index contributed by atoms with van der Waals surface area (Å²) in [6.07, 6.45) is 1.30. The van der Waals surface area contributed by atoms with Crippen molar-refractivity contribution < 1.29 is 14.3 Å². The number of anilines is 1. The van der Waals surface area contributed by atoms with E-state index >= 15 is 0 Å². The quantitative estimate of drug-likeness (QED) is 0.396. The van der Waals surface area contributed by atoms with Gasteiger partial charge in [0, 0.05) is 6.20 Å². The average Bonchev–Trinajstić information content (AvgIpc) is 3.18. The van der Waals surface area contributed by atoms with E-state index in [1.165, 1.54) is 36.0 Å². The van der Waals surface area contributed by atoms with Gasteiger partial charge in [-0.3, -0.25) is 4.79 Å². The van der Waals surface area contributed by atoms with Gasteiger partial charge in [-0.2, -0.15) is 5.26 Å². The van der Waals surface area contributed by atoms with Crippen LogP contribution in [0.3, 0.4) is 0 Å². The highest BCUT2D eigenvalue weighted by Crippen LogP contribution is 2.23. The van der Waals surface area contributed by atoms with Crippen LogP contribution in [0.15, 0.2) is 40.7 Å². The maximum Gasteiger partial charge on any atom is 0.350 e. The second-order valence-corrected chi connectivity index (χ2v) is 5.64. The Morgan fingerprint density at radius 3 is 2.76 bits per heavy atom. The molecule has 0 bridgehead atoms. The summed E-state index contributed by atoms with van der Waals surface area (Å²) in [4.78, 5) is 24.5. The zero-order valence-corrected chi connectivity index (χ0v) is 12.6. The second kappa shape index (κ2) is 6.83. The van der Waals surface area contributed by atoms with Gasteiger partial charge in [0.25, 0.3) is 0 Å². The number of hydrogen-bond donors (Lipinski definition) is 1. The summed E-state index contributed by atoms with van der Waals surface area (Å²) < 4.78 is 4.66. The average molecular weight is 318 g/mol. The molecule has 2 rings (SSSR count). The number of Topliss-reactive ketones (excluding diaryl/α,β-unsaturated/α-hetero) is 1. The van der Waals surface area contributed by atoms with Gasteiger partial charge >= 0.3 is 5.97 Å². The first-order valence-corrected chi connectivity index (χ1v) is 7.54. The van der Waals surface area contributed by atoms with E-state index in [0.29, 0.717) is 15.4 Å². The van der Waals surface area contributed by atoms with E-state index in [1.54, 1.807) is 29.0 Å². The molecule has 0 spiro atoms. The number of ether oxygens (including phenoxy) is 1. The molecule has 0 unspecified atom stereocenters. The third kappa shape index (κ3) is 3.37. The molecule has 0 saturated heterocycles. The predicted molar refractivity (Wildman–Crippen MR) is 81.6 cm³/mol. The Kier molecular flexibility index (Phi) is 4.87. The van der Waals surface area contributed by atoms with Gasteiger partial charge in [-0.05, 0) is 22.9 Å². The Morgan fingerprint density at radius 2 is 2.14 bits per heavy atom. The number of nitrogens with zero attached hydrogens (tertiary/aromatic N) is 1. The van der Waals surface area contributed by atoms with Crippen molar-refractivity contribution in [1.29, 1.82) is 5.26 Å². The van der Waals surface area contributed by atoms with E-state index in [4.69, 9.17) is 5.26 Å². The first-order chi connectivity index (χ1) is 10.2. The number of rotatable bonds is 5. The number of thiophene rings is 2. The smallest absolute Gasteiger partial charge is 0.350 e. The van der Waals surface area contributed by atoms with E-state index in [-0.39, 0.29) is 11.4 Å². The predicted octanol–water partition coefficient (Wildman–Crippen LogP) is 3.30. The number of esters is 1. The summed E-state index contributed by atoms with van der Waals surface area (Å²) in [6.45, 7) is 0. The number of nitrogens with one attached hydrogen (secondary N) is 1. The van der Waals surface area contributed by atoms with Gasteiger partial charge in [0.05, 0.1) is 17.7 Å². The summed E-state index contributed by atoms with van der Waals surface area (Å²) in [6, 6.07) is 6.94. The molecule has 0 aliphatic rings. The van der Waals surface area contributed by atoms with E-state index in [9.17, 15) is 9.59 Å². The molecule has 5 nitrogen and oxygen atoms in total. The molecule has 106 valence electrons. The van der Waals surface area contributed by atoms with Crippen LogP contribution in [0.5, 0.6) is 0 Å². The number of allylic oxidation sites excluding steroid dienone is 1. The molecule has 2 aromatic heterocycles. The molecule has 0 aliphatic carbocycles. The van der Waals surface area contributed by atoms with Crippen molar-refractivity contribution in [1.82, 2.24) is 0 Å². The number of methoxy groups -OCH3 is 1. The second-order valence-electron chi connectivity index (χ2n) is 3.78. The van der Waals surface area contributed by atoms with Gasteiger partial charge in [0.15, 0.2) is 0 Å². The normalized spacial score (nSPS) is 10.8. The molecule has 0 amide bonds. The number of ketones is 1. The van der Waals surface area contributed by atoms with Crippen LogP contribution in [0.25, 0.3) is 0 Å². The highest BCUT2D eigenvalue weighted by Gasteiger charge is 2.15. The zero-order valence-electron chi connectivity index (χ0n) is 11.0. The SMILES string of the molecule is COC(=O)c1sccc1N/C=C(\C#N)C(=O)c1cccs1. The minimum atomic E-state index is -0.469. The summed E-state index contributed by atoms with van der Waals surface area (Å²) in [5.41, 5.74) is 0.470. The standard InChI is InChI=1S/C14H10N2O3S2/c1-19-14(18)13-10(4-6-21-13)16-8-9(7-15)12(17)11-3-2-5-20-11/h2-6,8,16H,1H3/b9-8+. The van der Waals surface area contributed by atoms with Crippen molar-refractivity contribution in [3.8, 4) is 6.07 Å². The lowest BCUT2D eigenvalue weighted by molar-refractivity contribution is 0.0607. The molecule has 0 aliphatic heterocycles. The van der Waals surface area contributed by atoms with Crippen molar-refractivity contribution in [2.75, 3.05) is 12.4 Å². The lowest BCUT2D eigenvalue weighted by Crippen LogP contribution is -2.05. The fourth-order valence-electron chi connectivity index (χ4n) is 1.51. The van der Waals surface area contributed by atoms with Crippen LogP contribution < -0.4 is 5.32 Å². The van der Waals surface area contributed by atoms with Crippen LogP contribution in [-0.4, -0.2) is 18.9 Å². The van der Waals surface area contributed by atoms with Crippen molar-refractivity contribution in [3.63, 3.8) is 0 Å². The van der Waals surface area contributed by atoms with Crippen molar-refractivity contribution in [2.45, 2.75) is 0 Å². The lowest BCUT2D eigenvalue weighted by Gasteiger charge is -2.02. The molecule has 0 saturated carbocycles. The van der Waals surface area contributed by atoms with Crippen LogP contribution >= 0.6 is 22.7 Å². The Morgan fingerprint density at radius 1 is 1.33 bits per heavy atom. The van der Waals surface area contributed by atoms with Gasteiger partial charge in [0.2, 0.25) is 5.78 Å². The topological polar surface area (TPSA) is 79.2 Å². The molecule has 0 fully saturated rings. The fraction of sp³-hybridized carbons (Fsp3) is 0.0714. The van der Waals surface area contributed by atoms with E-state index in [1.807, 2.05) is 6.07 Å². The third-order valence-electron chi connectivity index (χ3n) is 2.52. The molecule has 0 radical (unpaired) electrons. The maximum atomic E-state index is 12.1. The molecule has 21 heavy (non-hydrogen) atoms. The largest absolute Gasteiger partial charge is 0.465 e. The zero-order chi connectivity index (χ0) is 15.2. The first-order valence-electron chi connectivity index (χ1n) is 5.78. The number of carbonyl (C=O) groups is 2. The Labute approximate surface area is 129 Å². The molecule has 7 heteroatoms. The Bertz CT molecular complexity index is 724. The van der Waals surface area contributed by atoms with Gasteiger partial charge in [-0.1, -0.05) is 6.07 Å². The number of carbonyl (C=O) groups excluding carboxylic acids is 2. The van der Waals surface area contributed by atoms with Crippen molar-refractivity contribution >= 4 is 40.1 Å². The molecule has 1 N–H and O–H groups in total. The molecule has 2 aromatic rings. The van der Waals surface area contributed by atoms with Gasteiger partial charge in [0.1, 0.15) is 16.5 Å². The van der Waals surface area contributed by atoms with Crippen molar-refractivity contribution in [2.24, 2.45) is 0 Å². The van der Waals surface area contributed by atoms with Gasteiger partial charge in [-0.15, -0.1) is 22.7 Å². The maximum absolute atomic E-state index is 12.1. The fourth-order valence-corrected chi connectivity index (χ4v) is 2.96. The minimum Gasteiger partial charge on any atom is -0.465 e. The Balaban J connectivity index is 2.20. The van der Waals surface area contributed by atoms with Crippen molar-refractivity contribution in [3.05, 3.63) is 50.5 Å². The summed E-state index contributed by atoms with van der Waals surface area (Å²) in [7, 11) is 1.29. The first kappa shape index (κ1) is 15.0. The number of hydrogen-bond acceptors (Lipinski definition) is 7. The van der Waals surface area contributed by atoms with E-state index < -0.39 is 5.97 Å². The molecular weight excluding hydrogens is 308 g/mol. The number of nitriles is 1. The summed E-state index contributed by atoms with van der Waals surface area (Å²) in [5, 5.41) is 15.4. The molecule has 2 heterocycles. The molecule has 0 atom stereocenters. The minimum absolute atomic E-state index is 0.0283. The van der Waals surface area contributed by atoms with Crippen LogP contribution in [0.4, 0.5) is 5.69 Å². The molecular formula is C14H10N2O3S2. The van der Waals surface area contributed by atoms with Crippen LogP contribution in [-0.2, 0) is 4.74 Å².